The summed E-state index contributed by atoms with van der Waals surface area (Å²) < 4.78 is 36.0. The molecule has 242 valence electrons. The summed E-state index contributed by atoms with van der Waals surface area (Å²) in [5.41, 5.74) is -1.98. The molecule has 2 aromatic heterocycles. The van der Waals surface area contributed by atoms with Crippen LogP contribution in [0.4, 0.5) is 24.1 Å². The molecule has 0 radical (unpaired) electrons. The number of carbonyl (C=O) groups is 4. The fourth-order valence-electron chi connectivity index (χ4n) is 4.48. The predicted molar refractivity (Wildman–Crippen MR) is 161 cm³/mol. The van der Waals surface area contributed by atoms with Crippen molar-refractivity contribution >= 4 is 40.7 Å². The monoisotopic (exact) mass is 630 g/mol. The normalized spacial score (nSPS) is 12.3. The van der Waals surface area contributed by atoms with Gasteiger partial charge in [-0.1, -0.05) is 26.8 Å². The molecule has 0 fully saturated rings. The van der Waals surface area contributed by atoms with E-state index in [2.05, 4.69) is 20.4 Å². The van der Waals surface area contributed by atoms with Crippen LogP contribution in [0.25, 0.3) is 11.0 Å². The number of benzene rings is 1. The van der Waals surface area contributed by atoms with E-state index in [-0.39, 0.29) is 47.8 Å². The average Bonchev–Trinajstić information content (AvgIpc) is 3.33. The van der Waals surface area contributed by atoms with Crippen LogP contribution in [0.5, 0.6) is 0 Å². The van der Waals surface area contributed by atoms with Crippen molar-refractivity contribution < 1.29 is 37.8 Å². The number of nitrogens with zero attached hydrogens (tertiary/aromatic N) is 4. The van der Waals surface area contributed by atoms with Gasteiger partial charge in [0.1, 0.15) is 28.9 Å². The number of likely N-dealkylation sites (N-methyl/N-ethyl adjacent to an activating group) is 1. The molecule has 1 unspecified atom stereocenters. The van der Waals surface area contributed by atoms with E-state index in [0.29, 0.717) is 10.6 Å². The Balaban J connectivity index is 1.95. The molecule has 1 aromatic carbocycles. The summed E-state index contributed by atoms with van der Waals surface area (Å²) in [6, 6.07) is 2.18. The largest absolute Gasteiger partial charge is 0.464 e. The van der Waals surface area contributed by atoms with Gasteiger partial charge in [0, 0.05) is 31.9 Å². The average molecular weight is 631 g/mol. The second-order valence-electron chi connectivity index (χ2n) is 11.6. The van der Waals surface area contributed by atoms with Crippen molar-refractivity contribution in [1.82, 2.24) is 24.3 Å². The predicted octanol–water partition coefficient (Wildman–Crippen LogP) is 3.73. The van der Waals surface area contributed by atoms with E-state index in [1.807, 2.05) is 20.8 Å². The molecule has 1 atom stereocenters. The van der Waals surface area contributed by atoms with Gasteiger partial charge in [0.15, 0.2) is 5.82 Å². The smallest absolute Gasteiger partial charge is 0.417 e. The van der Waals surface area contributed by atoms with Gasteiger partial charge in [0.25, 0.3) is 5.56 Å². The third-order valence-electron chi connectivity index (χ3n) is 6.61. The summed E-state index contributed by atoms with van der Waals surface area (Å²) in [6.07, 6.45) is 2.10. The molecule has 3 rings (SSSR count). The number of fused-ring (bicyclic) bond motifs is 1. The molecule has 0 aliphatic heterocycles. The molecule has 0 bridgehead atoms. The standard InChI is InChI=1S/C30H36F2N6O7/c1-30(2,3)15-17-18(31)14-19(32)25-24(17)35-22(38(25)29(43)44)16-37-13-9-11-21(27(37)41)33-26(40)20(34-28(42)45-6)10-7-8-12-23(39)36(4)5/h8-9,11-14,20H,7,10,15-16H2,1-6H3,(H,33,40)(H,34,42)(H,43,44)/b12-8+. The number of imidazole rings is 1. The van der Waals surface area contributed by atoms with E-state index >= 15 is 0 Å². The molecule has 0 aliphatic carbocycles. The van der Waals surface area contributed by atoms with Crippen LogP contribution >= 0.6 is 0 Å². The first-order chi connectivity index (χ1) is 21.0. The first kappa shape index (κ1) is 34.4. The van der Waals surface area contributed by atoms with E-state index in [0.717, 1.165) is 11.7 Å². The molecule has 0 spiro atoms. The van der Waals surface area contributed by atoms with E-state index in [4.69, 9.17) is 0 Å². The lowest BCUT2D eigenvalue weighted by Gasteiger charge is -2.19. The lowest BCUT2D eigenvalue weighted by atomic mass is 9.87. The molecule has 13 nitrogen and oxygen atoms in total. The van der Waals surface area contributed by atoms with Crippen LogP contribution < -0.4 is 16.2 Å². The highest BCUT2D eigenvalue weighted by Gasteiger charge is 2.27. The van der Waals surface area contributed by atoms with Gasteiger partial charge in [-0.25, -0.2) is 27.9 Å². The highest BCUT2D eigenvalue weighted by Crippen LogP contribution is 2.31. The third-order valence-corrected chi connectivity index (χ3v) is 6.61. The zero-order valence-corrected chi connectivity index (χ0v) is 25.8. The van der Waals surface area contributed by atoms with E-state index < -0.39 is 58.8 Å². The first-order valence-corrected chi connectivity index (χ1v) is 13.9. The molecule has 45 heavy (non-hydrogen) atoms. The molecule has 3 aromatic rings. The van der Waals surface area contributed by atoms with Gasteiger partial charge >= 0.3 is 12.2 Å². The number of halogens is 2. The number of aromatic nitrogens is 3. The van der Waals surface area contributed by atoms with Crippen LogP contribution in [0.3, 0.4) is 0 Å². The molecule has 0 saturated heterocycles. The number of methoxy groups -OCH3 is 1. The number of nitrogens with one attached hydrogen (secondary N) is 2. The Morgan fingerprint density at radius 3 is 2.47 bits per heavy atom. The highest BCUT2D eigenvalue weighted by molar-refractivity contribution is 5.96. The van der Waals surface area contributed by atoms with Crippen molar-refractivity contribution in [1.29, 1.82) is 0 Å². The van der Waals surface area contributed by atoms with Crippen molar-refractivity contribution in [2.45, 2.75) is 52.6 Å². The quantitative estimate of drug-likeness (QED) is 0.285. The van der Waals surface area contributed by atoms with Gasteiger partial charge < -0.3 is 29.9 Å². The lowest BCUT2D eigenvalue weighted by Crippen LogP contribution is -2.44. The number of ether oxygens (including phenoxy) is 1. The molecule has 15 heteroatoms. The van der Waals surface area contributed by atoms with Gasteiger partial charge in [0.2, 0.25) is 11.8 Å². The van der Waals surface area contributed by atoms with Crippen LogP contribution in [-0.4, -0.2) is 75.4 Å². The number of hydrogen-bond donors (Lipinski definition) is 3. The number of pyridine rings is 1. The van der Waals surface area contributed by atoms with Crippen molar-refractivity contribution in [2.75, 3.05) is 26.5 Å². The van der Waals surface area contributed by atoms with Crippen LogP contribution in [0.1, 0.15) is 45.0 Å². The maximum absolute atomic E-state index is 15.0. The summed E-state index contributed by atoms with van der Waals surface area (Å²) in [5, 5.41) is 14.8. The number of anilines is 1. The number of hydrogen-bond acceptors (Lipinski definition) is 7. The number of allylic oxidation sites excluding steroid dienone is 1. The molecular formula is C30H36F2N6O7. The zero-order valence-electron chi connectivity index (χ0n) is 25.8. The van der Waals surface area contributed by atoms with Gasteiger partial charge in [-0.3, -0.25) is 14.4 Å². The number of rotatable bonds is 10. The number of alkyl carbamates (subject to hydrolysis) is 1. The van der Waals surface area contributed by atoms with E-state index in [1.54, 1.807) is 14.1 Å². The van der Waals surface area contributed by atoms with Crippen LogP contribution in [0, 0.1) is 17.0 Å². The van der Waals surface area contributed by atoms with Crippen molar-refractivity contribution in [3.05, 3.63) is 69.9 Å². The van der Waals surface area contributed by atoms with Gasteiger partial charge in [-0.2, -0.15) is 0 Å². The van der Waals surface area contributed by atoms with Crippen molar-refractivity contribution in [3.8, 4) is 0 Å². The third kappa shape index (κ3) is 8.52. The fraction of sp³-hybridized carbons (Fsp3) is 0.400. The molecule has 3 amide bonds. The number of amides is 3. The minimum atomic E-state index is -1.59. The second-order valence-corrected chi connectivity index (χ2v) is 11.6. The zero-order chi connectivity index (χ0) is 33.6. The molecule has 2 heterocycles. The summed E-state index contributed by atoms with van der Waals surface area (Å²) in [5.74, 6) is -3.28. The molecular weight excluding hydrogens is 594 g/mol. The minimum absolute atomic E-state index is 0.0404. The van der Waals surface area contributed by atoms with Crippen molar-refractivity contribution in [2.24, 2.45) is 5.41 Å². The Morgan fingerprint density at radius 1 is 1.18 bits per heavy atom. The molecule has 0 aliphatic rings. The molecule has 0 saturated carbocycles. The summed E-state index contributed by atoms with van der Waals surface area (Å²) in [7, 11) is 4.27. The molecule has 3 N–H and O–H groups in total. The summed E-state index contributed by atoms with van der Waals surface area (Å²) in [4.78, 5) is 67.9. The summed E-state index contributed by atoms with van der Waals surface area (Å²) >= 11 is 0. The van der Waals surface area contributed by atoms with Crippen LogP contribution in [0.15, 0.2) is 41.3 Å². The Hall–Kier alpha value is -5.08. The number of carboxylic acid groups (broad SMARTS) is 1. The Labute approximate surface area is 257 Å². The van der Waals surface area contributed by atoms with Crippen LogP contribution in [-0.2, 0) is 27.3 Å². The number of carbonyl (C=O) groups excluding carboxylic acids is 3. The minimum Gasteiger partial charge on any atom is -0.464 e. The maximum Gasteiger partial charge on any atom is 0.417 e. The Bertz CT molecular complexity index is 1710. The van der Waals surface area contributed by atoms with Gasteiger partial charge in [-0.05, 0) is 42.9 Å². The Morgan fingerprint density at radius 2 is 1.87 bits per heavy atom. The van der Waals surface area contributed by atoms with Crippen LogP contribution in [0.2, 0.25) is 0 Å². The van der Waals surface area contributed by atoms with Gasteiger partial charge in [0.05, 0.1) is 19.2 Å². The maximum atomic E-state index is 15.0. The first-order valence-electron chi connectivity index (χ1n) is 13.9. The lowest BCUT2D eigenvalue weighted by molar-refractivity contribution is -0.123. The van der Waals surface area contributed by atoms with E-state index in [9.17, 15) is 37.9 Å². The topological polar surface area (TPSA) is 165 Å². The van der Waals surface area contributed by atoms with E-state index in [1.165, 1.54) is 35.4 Å². The van der Waals surface area contributed by atoms with Gasteiger partial charge in [-0.15, -0.1) is 0 Å². The SMILES string of the molecule is COC(=O)NC(CC/C=C/C(=O)N(C)C)C(=O)Nc1cccn(Cc2nc3c(CC(C)(C)C)c(F)cc(F)c3n2C(=O)O)c1=O. The van der Waals surface area contributed by atoms with Crippen molar-refractivity contribution in [3.63, 3.8) is 0 Å². The summed E-state index contributed by atoms with van der Waals surface area (Å²) in [6.45, 7) is 5.05. The Kier molecular flexibility index (Phi) is 10.8. The fourth-order valence-corrected chi connectivity index (χ4v) is 4.48. The second kappa shape index (κ2) is 14.1. The highest BCUT2D eigenvalue weighted by atomic mass is 19.1.